The summed E-state index contributed by atoms with van der Waals surface area (Å²) in [5.74, 6) is -0.419. The molecule has 2 atom stereocenters. The zero-order valence-electron chi connectivity index (χ0n) is 5.50. The molecule has 54 valence electrons. The van der Waals surface area contributed by atoms with E-state index in [1.807, 2.05) is 0 Å². The third kappa shape index (κ3) is 2.72. The van der Waals surface area contributed by atoms with Gasteiger partial charge in [-0.2, -0.15) is 12.6 Å². The number of carbonyl (C=O) groups excluding carboxylic acids is 1. The van der Waals surface area contributed by atoms with Crippen LogP contribution in [0, 0.1) is 0 Å². The molecule has 0 aliphatic rings. The lowest BCUT2D eigenvalue weighted by Crippen LogP contribution is -2.38. The molecule has 0 fully saturated rings. The fourth-order valence-corrected chi connectivity index (χ4v) is 0.455. The van der Waals surface area contributed by atoms with Gasteiger partial charge in [0.2, 0.25) is 0 Å². The highest BCUT2D eigenvalue weighted by Crippen LogP contribution is 1.98. The predicted molar refractivity (Wildman–Crippen MR) is 38.4 cm³/mol. The van der Waals surface area contributed by atoms with Crippen molar-refractivity contribution in [1.82, 2.24) is 0 Å². The maximum Gasteiger partial charge on any atom is 0.323 e. The van der Waals surface area contributed by atoms with Crippen LogP contribution in [-0.4, -0.2) is 24.4 Å². The molecular weight excluding hydrogens is 138 g/mol. The molecule has 9 heavy (non-hydrogen) atoms. The molecule has 0 aliphatic heterocycles. The van der Waals surface area contributed by atoms with Crippen LogP contribution in [0.3, 0.4) is 0 Å². The number of ether oxygens (including phenoxy) is 1. The Morgan fingerprint density at radius 2 is 2.22 bits per heavy atom. The molecule has 0 saturated heterocycles. The van der Waals surface area contributed by atoms with Crippen LogP contribution in [0.2, 0.25) is 0 Å². The lowest BCUT2D eigenvalue weighted by molar-refractivity contribution is -0.142. The average molecular weight is 149 g/mol. The molecule has 3 nitrogen and oxygen atoms in total. The van der Waals surface area contributed by atoms with Crippen molar-refractivity contribution in [2.75, 3.05) is 7.11 Å². The number of thiol groups is 1. The van der Waals surface area contributed by atoms with E-state index in [0.29, 0.717) is 0 Å². The zero-order valence-corrected chi connectivity index (χ0v) is 6.39. The molecule has 0 spiro atoms. The number of nitrogens with two attached hydrogens (primary N) is 1. The molecule has 0 saturated carbocycles. The van der Waals surface area contributed by atoms with Crippen molar-refractivity contribution < 1.29 is 9.53 Å². The highest BCUT2D eigenvalue weighted by Gasteiger charge is 2.17. The molecule has 0 aromatic rings. The van der Waals surface area contributed by atoms with Gasteiger partial charge in [0.1, 0.15) is 6.04 Å². The minimum Gasteiger partial charge on any atom is -0.468 e. The summed E-state index contributed by atoms with van der Waals surface area (Å²) in [6, 6.07) is -0.613. The van der Waals surface area contributed by atoms with Gasteiger partial charge in [-0.25, -0.2) is 0 Å². The Kier molecular flexibility index (Phi) is 3.65. The number of rotatable bonds is 2. The first-order valence-electron chi connectivity index (χ1n) is 2.61. The van der Waals surface area contributed by atoms with E-state index in [4.69, 9.17) is 5.73 Å². The van der Waals surface area contributed by atoms with Gasteiger partial charge < -0.3 is 10.5 Å². The van der Waals surface area contributed by atoms with Gasteiger partial charge in [-0.05, 0) is 0 Å². The van der Waals surface area contributed by atoms with Crippen molar-refractivity contribution in [2.24, 2.45) is 5.73 Å². The van der Waals surface area contributed by atoms with Crippen molar-refractivity contribution in [1.29, 1.82) is 0 Å². The van der Waals surface area contributed by atoms with Gasteiger partial charge in [0.05, 0.1) is 7.11 Å². The minimum atomic E-state index is -0.613. The standard InChI is InChI=1S/C5H11NO2S/c1-3(9)4(6)5(7)8-2/h3-4,9H,6H2,1-2H3/t3-,4+/m0/s1. The molecule has 0 aromatic heterocycles. The molecule has 0 bridgehead atoms. The first-order chi connectivity index (χ1) is 4.09. The Balaban J connectivity index is 3.72. The van der Waals surface area contributed by atoms with Crippen molar-refractivity contribution in [2.45, 2.75) is 18.2 Å². The largest absolute Gasteiger partial charge is 0.468 e. The van der Waals surface area contributed by atoms with Crippen LogP contribution < -0.4 is 5.73 Å². The Morgan fingerprint density at radius 1 is 1.78 bits per heavy atom. The van der Waals surface area contributed by atoms with Crippen LogP contribution in [0.25, 0.3) is 0 Å². The zero-order chi connectivity index (χ0) is 7.44. The minimum absolute atomic E-state index is 0.155. The summed E-state index contributed by atoms with van der Waals surface area (Å²) >= 11 is 3.96. The van der Waals surface area contributed by atoms with E-state index in [2.05, 4.69) is 17.4 Å². The molecular formula is C5H11NO2S. The van der Waals surface area contributed by atoms with Crippen molar-refractivity contribution >= 4 is 18.6 Å². The van der Waals surface area contributed by atoms with E-state index in [1.165, 1.54) is 7.11 Å². The van der Waals surface area contributed by atoms with Crippen LogP contribution >= 0.6 is 12.6 Å². The van der Waals surface area contributed by atoms with Crippen LogP contribution in [-0.2, 0) is 9.53 Å². The second-order valence-corrected chi connectivity index (χ2v) is 2.60. The van der Waals surface area contributed by atoms with Gasteiger partial charge in [0.25, 0.3) is 0 Å². The fourth-order valence-electron chi connectivity index (χ4n) is 0.333. The van der Waals surface area contributed by atoms with Gasteiger partial charge in [-0.1, -0.05) is 6.92 Å². The third-order valence-corrected chi connectivity index (χ3v) is 1.31. The summed E-state index contributed by atoms with van der Waals surface area (Å²) in [6.07, 6.45) is 0. The highest BCUT2D eigenvalue weighted by atomic mass is 32.1. The topological polar surface area (TPSA) is 52.3 Å². The smallest absolute Gasteiger partial charge is 0.323 e. The molecule has 0 amide bonds. The Bertz CT molecular complexity index is 105. The van der Waals surface area contributed by atoms with E-state index in [-0.39, 0.29) is 5.25 Å². The molecule has 4 heteroatoms. The molecule has 0 unspecified atom stereocenters. The number of hydrogen-bond acceptors (Lipinski definition) is 4. The van der Waals surface area contributed by atoms with Gasteiger partial charge in [-0.3, -0.25) is 4.79 Å². The summed E-state index contributed by atoms with van der Waals surface area (Å²) in [7, 11) is 1.30. The molecule has 0 aromatic carbocycles. The lowest BCUT2D eigenvalue weighted by Gasteiger charge is -2.10. The molecule has 0 heterocycles. The monoisotopic (exact) mass is 149 g/mol. The lowest BCUT2D eigenvalue weighted by atomic mass is 10.2. The maximum absolute atomic E-state index is 10.6. The number of carbonyl (C=O) groups is 1. The molecule has 0 rings (SSSR count). The fraction of sp³-hybridized carbons (Fsp3) is 0.800. The molecule has 0 aliphatic carbocycles. The average Bonchev–Trinajstić information content (AvgIpc) is 1.84. The maximum atomic E-state index is 10.6. The van der Waals surface area contributed by atoms with Gasteiger partial charge in [0, 0.05) is 5.25 Å². The molecule has 0 radical (unpaired) electrons. The number of esters is 1. The van der Waals surface area contributed by atoms with E-state index < -0.39 is 12.0 Å². The van der Waals surface area contributed by atoms with Crippen molar-refractivity contribution in [3.8, 4) is 0 Å². The van der Waals surface area contributed by atoms with Crippen LogP contribution in [0.1, 0.15) is 6.92 Å². The summed E-state index contributed by atoms with van der Waals surface area (Å²) in [5.41, 5.74) is 5.32. The molecule has 2 N–H and O–H groups in total. The van der Waals surface area contributed by atoms with Crippen LogP contribution in [0.5, 0.6) is 0 Å². The van der Waals surface area contributed by atoms with E-state index in [9.17, 15) is 4.79 Å². The Morgan fingerprint density at radius 3 is 2.33 bits per heavy atom. The quantitative estimate of drug-likeness (QED) is 0.422. The van der Waals surface area contributed by atoms with Gasteiger partial charge >= 0.3 is 5.97 Å². The summed E-state index contributed by atoms with van der Waals surface area (Å²) in [5, 5.41) is -0.155. The SMILES string of the molecule is COC(=O)[C@H](N)[C@H](C)S. The van der Waals surface area contributed by atoms with E-state index >= 15 is 0 Å². The summed E-state index contributed by atoms with van der Waals surface area (Å²) in [6.45, 7) is 1.74. The first-order valence-corrected chi connectivity index (χ1v) is 3.12. The predicted octanol–water partition coefficient (Wildman–Crippen LogP) is -0.195. The van der Waals surface area contributed by atoms with Crippen LogP contribution in [0.15, 0.2) is 0 Å². The van der Waals surface area contributed by atoms with Crippen molar-refractivity contribution in [3.05, 3.63) is 0 Å². The van der Waals surface area contributed by atoms with Crippen molar-refractivity contribution in [3.63, 3.8) is 0 Å². The van der Waals surface area contributed by atoms with Gasteiger partial charge in [-0.15, -0.1) is 0 Å². The second-order valence-electron chi connectivity index (χ2n) is 1.79. The van der Waals surface area contributed by atoms with Gasteiger partial charge in [0.15, 0.2) is 0 Å². The Hall–Kier alpha value is -0.220. The van der Waals surface area contributed by atoms with Crippen LogP contribution in [0.4, 0.5) is 0 Å². The highest BCUT2D eigenvalue weighted by molar-refractivity contribution is 7.81. The van der Waals surface area contributed by atoms with E-state index in [1.54, 1.807) is 6.92 Å². The third-order valence-electron chi connectivity index (χ3n) is 0.993. The summed E-state index contributed by atoms with van der Waals surface area (Å²) in [4.78, 5) is 10.6. The normalized spacial score (nSPS) is 16.4. The first kappa shape index (κ1) is 8.78. The number of hydrogen-bond donors (Lipinski definition) is 2. The van der Waals surface area contributed by atoms with E-state index in [0.717, 1.165) is 0 Å². The number of methoxy groups -OCH3 is 1. The summed E-state index contributed by atoms with van der Waals surface area (Å²) < 4.78 is 4.36. The second kappa shape index (κ2) is 3.74. The Labute approximate surface area is 60.0 Å².